The molecule has 0 radical (unpaired) electrons. The molecule has 1 N–H and O–H groups in total. The third-order valence-electron chi connectivity index (χ3n) is 3.45. The van der Waals surface area contributed by atoms with E-state index in [1.807, 2.05) is 48.5 Å². The molecule has 5 heteroatoms. The van der Waals surface area contributed by atoms with Gasteiger partial charge in [-0.3, -0.25) is 0 Å². The van der Waals surface area contributed by atoms with E-state index in [2.05, 4.69) is 39.2 Å². The van der Waals surface area contributed by atoms with Crippen molar-refractivity contribution >= 4 is 34.6 Å². The number of nitrogens with zero attached hydrogens (tertiary/aromatic N) is 3. The molecule has 0 atom stereocenters. The molecule has 2 aromatic carbocycles. The first-order chi connectivity index (χ1) is 11.3. The number of nitrogens with one attached hydrogen (secondary N) is 1. The largest absolute Gasteiger partial charge is 0.339 e. The first-order valence-electron chi connectivity index (χ1n) is 7.44. The minimum atomic E-state index is 0.656. The Kier molecular flexibility index (Phi) is 4.74. The van der Waals surface area contributed by atoms with E-state index in [9.17, 15) is 0 Å². The first-order valence-corrected chi connectivity index (χ1v) is 7.82. The van der Waals surface area contributed by atoms with Gasteiger partial charge in [-0.15, -0.1) is 0 Å². The fourth-order valence-corrected chi connectivity index (χ4v) is 2.53. The molecule has 0 aliphatic rings. The van der Waals surface area contributed by atoms with Crippen LogP contribution in [0.2, 0.25) is 5.02 Å². The first kappa shape index (κ1) is 15.3. The van der Waals surface area contributed by atoms with E-state index in [0.29, 0.717) is 10.8 Å². The van der Waals surface area contributed by atoms with Gasteiger partial charge in [0, 0.05) is 18.3 Å². The average Bonchev–Trinajstić information content (AvgIpc) is 2.59. The van der Waals surface area contributed by atoms with Crippen LogP contribution in [-0.4, -0.2) is 16.5 Å². The second kappa shape index (κ2) is 7.11. The summed E-state index contributed by atoms with van der Waals surface area (Å²) in [5.41, 5.74) is 1.92. The zero-order valence-electron chi connectivity index (χ0n) is 12.8. The lowest BCUT2D eigenvalue weighted by atomic mass is 10.3. The molecule has 0 aliphatic heterocycles. The fraction of sp³-hybridized carbons (Fsp3) is 0.111. The van der Waals surface area contributed by atoms with Gasteiger partial charge in [0.2, 0.25) is 0 Å². The van der Waals surface area contributed by atoms with Crippen LogP contribution in [0, 0.1) is 0 Å². The second-order valence-corrected chi connectivity index (χ2v) is 5.35. The number of anilines is 4. The van der Waals surface area contributed by atoms with Crippen LogP contribution in [0.1, 0.15) is 6.92 Å². The number of rotatable bonds is 5. The Balaban J connectivity index is 1.89. The molecule has 0 aliphatic carbocycles. The zero-order chi connectivity index (χ0) is 16.1. The molecule has 23 heavy (non-hydrogen) atoms. The third-order valence-corrected chi connectivity index (χ3v) is 3.78. The molecular weight excluding hydrogens is 308 g/mol. The Morgan fingerprint density at radius 3 is 2.48 bits per heavy atom. The van der Waals surface area contributed by atoms with E-state index in [1.165, 1.54) is 0 Å². The summed E-state index contributed by atoms with van der Waals surface area (Å²) in [4.78, 5) is 10.8. The third kappa shape index (κ3) is 3.60. The summed E-state index contributed by atoms with van der Waals surface area (Å²) < 4.78 is 0. The molecule has 0 saturated carbocycles. The number of aromatic nitrogens is 2. The van der Waals surface area contributed by atoms with Crippen LogP contribution in [0.3, 0.4) is 0 Å². The van der Waals surface area contributed by atoms with Gasteiger partial charge in [0.05, 0.1) is 10.7 Å². The second-order valence-electron chi connectivity index (χ2n) is 4.95. The molecule has 116 valence electrons. The summed E-state index contributed by atoms with van der Waals surface area (Å²) in [7, 11) is 0. The quantitative estimate of drug-likeness (QED) is 0.714. The molecule has 0 amide bonds. The van der Waals surface area contributed by atoms with Gasteiger partial charge in [-0.25, -0.2) is 9.97 Å². The lowest BCUT2D eigenvalue weighted by molar-refractivity contribution is 0.977. The zero-order valence-corrected chi connectivity index (χ0v) is 13.5. The lowest BCUT2D eigenvalue weighted by Gasteiger charge is -2.22. The SMILES string of the molecule is CCN(c1ccccc1)c1cc(Nc2ccccc2Cl)ncn1. The maximum atomic E-state index is 6.18. The fourth-order valence-electron chi connectivity index (χ4n) is 2.35. The van der Waals surface area contributed by atoms with Crippen molar-refractivity contribution in [3.8, 4) is 0 Å². The van der Waals surface area contributed by atoms with Crippen LogP contribution in [-0.2, 0) is 0 Å². The van der Waals surface area contributed by atoms with Gasteiger partial charge in [0.25, 0.3) is 0 Å². The molecule has 3 rings (SSSR count). The molecule has 0 bridgehead atoms. The minimum Gasteiger partial charge on any atom is -0.339 e. The van der Waals surface area contributed by atoms with Crippen LogP contribution in [0.5, 0.6) is 0 Å². The van der Waals surface area contributed by atoms with E-state index in [-0.39, 0.29) is 0 Å². The maximum Gasteiger partial charge on any atom is 0.138 e. The van der Waals surface area contributed by atoms with E-state index < -0.39 is 0 Å². The number of hydrogen-bond donors (Lipinski definition) is 1. The van der Waals surface area contributed by atoms with E-state index in [1.54, 1.807) is 6.33 Å². The van der Waals surface area contributed by atoms with Crippen molar-refractivity contribution in [2.24, 2.45) is 0 Å². The minimum absolute atomic E-state index is 0.656. The van der Waals surface area contributed by atoms with E-state index >= 15 is 0 Å². The van der Waals surface area contributed by atoms with E-state index in [4.69, 9.17) is 11.6 Å². The lowest BCUT2D eigenvalue weighted by Crippen LogP contribution is -2.17. The summed E-state index contributed by atoms with van der Waals surface area (Å²) >= 11 is 6.18. The average molecular weight is 325 g/mol. The number of hydrogen-bond acceptors (Lipinski definition) is 4. The van der Waals surface area contributed by atoms with Gasteiger partial charge in [0.15, 0.2) is 0 Å². The molecule has 0 unspecified atom stereocenters. The van der Waals surface area contributed by atoms with Crippen LogP contribution in [0.4, 0.5) is 23.0 Å². The van der Waals surface area contributed by atoms with Crippen molar-refractivity contribution < 1.29 is 0 Å². The highest BCUT2D eigenvalue weighted by atomic mass is 35.5. The standard InChI is InChI=1S/C18H17ClN4/c1-2-23(14-8-4-3-5-9-14)18-12-17(20-13-21-18)22-16-11-7-6-10-15(16)19/h3-13H,2H2,1H3,(H,20,21,22). The smallest absolute Gasteiger partial charge is 0.138 e. The van der Waals surface area contributed by atoms with Crippen molar-refractivity contribution in [3.63, 3.8) is 0 Å². The predicted octanol–water partition coefficient (Wildman–Crippen LogP) is 5.03. The molecule has 0 saturated heterocycles. The van der Waals surface area contributed by atoms with Gasteiger partial charge >= 0.3 is 0 Å². The summed E-state index contributed by atoms with van der Waals surface area (Å²) in [6.07, 6.45) is 1.56. The Morgan fingerprint density at radius 2 is 1.74 bits per heavy atom. The Bertz CT molecular complexity index is 777. The van der Waals surface area contributed by atoms with Gasteiger partial charge in [-0.05, 0) is 31.2 Å². The Morgan fingerprint density at radius 1 is 1.00 bits per heavy atom. The monoisotopic (exact) mass is 324 g/mol. The summed E-state index contributed by atoms with van der Waals surface area (Å²) in [6, 6.07) is 19.7. The normalized spacial score (nSPS) is 10.3. The van der Waals surface area contributed by atoms with Gasteiger partial charge in [-0.1, -0.05) is 41.9 Å². The van der Waals surface area contributed by atoms with Crippen LogP contribution >= 0.6 is 11.6 Å². The topological polar surface area (TPSA) is 41.0 Å². The molecule has 3 aromatic rings. The van der Waals surface area contributed by atoms with Gasteiger partial charge in [0.1, 0.15) is 18.0 Å². The molecular formula is C18H17ClN4. The molecule has 4 nitrogen and oxygen atoms in total. The van der Waals surface area contributed by atoms with Crippen molar-refractivity contribution in [2.75, 3.05) is 16.8 Å². The van der Waals surface area contributed by atoms with Crippen molar-refractivity contribution in [3.05, 3.63) is 72.0 Å². The molecule has 0 spiro atoms. The predicted molar refractivity (Wildman–Crippen MR) is 95.9 cm³/mol. The van der Waals surface area contributed by atoms with Crippen molar-refractivity contribution in [1.29, 1.82) is 0 Å². The summed E-state index contributed by atoms with van der Waals surface area (Å²) in [6.45, 7) is 2.91. The highest BCUT2D eigenvalue weighted by molar-refractivity contribution is 6.33. The summed E-state index contributed by atoms with van der Waals surface area (Å²) in [5.74, 6) is 1.54. The highest BCUT2D eigenvalue weighted by Crippen LogP contribution is 2.27. The Labute approximate surface area is 140 Å². The van der Waals surface area contributed by atoms with Crippen molar-refractivity contribution in [1.82, 2.24) is 9.97 Å². The van der Waals surface area contributed by atoms with Crippen LogP contribution in [0.15, 0.2) is 67.0 Å². The number of halogens is 1. The van der Waals surface area contributed by atoms with Crippen molar-refractivity contribution in [2.45, 2.75) is 6.92 Å². The Hall–Kier alpha value is -2.59. The van der Waals surface area contributed by atoms with E-state index in [0.717, 1.165) is 23.7 Å². The molecule has 0 fully saturated rings. The van der Waals surface area contributed by atoms with Gasteiger partial charge < -0.3 is 10.2 Å². The molecule has 1 heterocycles. The van der Waals surface area contributed by atoms with Crippen LogP contribution in [0.25, 0.3) is 0 Å². The van der Waals surface area contributed by atoms with Gasteiger partial charge in [-0.2, -0.15) is 0 Å². The maximum absolute atomic E-state index is 6.18. The van der Waals surface area contributed by atoms with Crippen LogP contribution < -0.4 is 10.2 Å². The number of benzene rings is 2. The molecule has 1 aromatic heterocycles. The summed E-state index contributed by atoms with van der Waals surface area (Å²) in [5, 5.41) is 3.89. The highest BCUT2D eigenvalue weighted by Gasteiger charge is 2.10. The number of para-hydroxylation sites is 2.